The zero-order valence-electron chi connectivity index (χ0n) is 17.4. The van der Waals surface area contributed by atoms with Gasteiger partial charge in [0.15, 0.2) is 0 Å². The third-order valence-electron chi connectivity index (χ3n) is 5.41. The van der Waals surface area contributed by atoms with Crippen LogP contribution >= 0.6 is 0 Å². The van der Waals surface area contributed by atoms with Crippen molar-refractivity contribution in [3.8, 4) is 0 Å². The van der Waals surface area contributed by atoms with E-state index in [0.717, 1.165) is 13.1 Å². The second-order valence-corrected chi connectivity index (χ2v) is 7.30. The molecule has 1 aliphatic heterocycles. The number of benzene rings is 2. The van der Waals surface area contributed by atoms with Crippen LogP contribution in [0.5, 0.6) is 0 Å². The largest absolute Gasteiger partial charge is 0.317 e. The molecular weight excluding hydrogens is 301 g/mol. The van der Waals surface area contributed by atoms with Crippen molar-refractivity contribution >= 4 is 7.85 Å². The Hall–Kier alpha value is -1.54. The quantitative estimate of drug-likeness (QED) is 0.716. The van der Waals surface area contributed by atoms with E-state index in [2.05, 4.69) is 87.7 Å². The molecule has 0 aliphatic carbocycles. The normalized spacial score (nSPS) is 16.4. The average molecular weight is 336 g/mol. The summed E-state index contributed by atoms with van der Waals surface area (Å²) in [5.41, 5.74) is 3.35. The maximum absolute atomic E-state index is 5.75. The van der Waals surface area contributed by atoms with Gasteiger partial charge < -0.3 is 5.32 Å². The van der Waals surface area contributed by atoms with Gasteiger partial charge in [0.05, 0.1) is 7.85 Å². The summed E-state index contributed by atoms with van der Waals surface area (Å²) < 4.78 is 5.75. The van der Waals surface area contributed by atoms with Gasteiger partial charge in [0.25, 0.3) is 0 Å². The van der Waals surface area contributed by atoms with Crippen LogP contribution in [0, 0.1) is 5.41 Å². The van der Waals surface area contributed by atoms with Crippen molar-refractivity contribution in [3.05, 3.63) is 71.8 Å². The van der Waals surface area contributed by atoms with Crippen LogP contribution in [0.25, 0.3) is 0 Å². The Bertz CT molecular complexity index is 555. The molecule has 134 valence electrons. The van der Waals surface area contributed by atoms with Crippen LogP contribution in [0.1, 0.15) is 53.0 Å². The highest BCUT2D eigenvalue weighted by Gasteiger charge is 2.38. The van der Waals surface area contributed by atoms with E-state index in [1.54, 1.807) is 0 Å². The number of nitrogens with one attached hydrogen (secondary N) is 1. The van der Waals surface area contributed by atoms with Crippen molar-refractivity contribution < 1.29 is 1.37 Å². The molecule has 0 spiro atoms. The maximum atomic E-state index is 5.75. The van der Waals surface area contributed by atoms with Gasteiger partial charge in [0, 0.05) is 6.79 Å². The molecule has 2 heteroatoms. The topological polar surface area (TPSA) is 12.0 Å². The monoisotopic (exact) mass is 336 g/mol. The standard InChI is InChI=1S/C21H27N.CH3B.CH4/c1-20(13-15-22-16-14-20)17-21(2,18-9-5-3-6-10-18)19-11-7-4-8-12-19;1-2;/h3-12,22H,13-17H2,1-2H3;1H3;1H4/i;;1D. The van der Waals surface area contributed by atoms with E-state index in [9.17, 15) is 0 Å². The highest BCUT2D eigenvalue weighted by Crippen LogP contribution is 2.45. The Labute approximate surface area is 158 Å². The van der Waals surface area contributed by atoms with E-state index in [0.29, 0.717) is 5.41 Å². The first kappa shape index (κ1) is 19.8. The average Bonchev–Trinajstić information content (AvgIpc) is 2.72. The summed E-state index contributed by atoms with van der Waals surface area (Å²) in [5, 5.41) is 3.51. The number of rotatable bonds is 4. The van der Waals surface area contributed by atoms with Gasteiger partial charge in [-0.05, 0) is 48.9 Å². The van der Waals surface area contributed by atoms with Crippen LogP contribution in [0.4, 0.5) is 0 Å². The van der Waals surface area contributed by atoms with Crippen molar-refractivity contribution in [1.82, 2.24) is 5.32 Å². The van der Waals surface area contributed by atoms with Gasteiger partial charge in [0.2, 0.25) is 0 Å². The lowest BCUT2D eigenvalue weighted by Gasteiger charge is -2.43. The van der Waals surface area contributed by atoms with E-state index in [-0.39, 0.29) is 5.41 Å². The van der Waals surface area contributed by atoms with Crippen LogP contribution in [-0.4, -0.2) is 20.9 Å². The lowest BCUT2D eigenvalue weighted by molar-refractivity contribution is 0.177. The van der Waals surface area contributed by atoms with Gasteiger partial charge in [-0.25, -0.2) is 0 Å². The molecule has 0 aromatic heterocycles. The first-order chi connectivity index (χ1) is 12.6. The molecule has 1 heterocycles. The van der Waals surface area contributed by atoms with Gasteiger partial charge in [0.1, 0.15) is 0 Å². The van der Waals surface area contributed by atoms with E-state index in [1.807, 2.05) is 0 Å². The molecule has 0 atom stereocenters. The van der Waals surface area contributed by atoms with Crippen LogP contribution in [0.15, 0.2) is 60.7 Å². The van der Waals surface area contributed by atoms with Crippen LogP contribution < -0.4 is 5.32 Å². The molecule has 2 radical (unpaired) electrons. The van der Waals surface area contributed by atoms with Crippen LogP contribution in [-0.2, 0) is 5.41 Å². The predicted molar refractivity (Wildman–Crippen MR) is 113 cm³/mol. The molecular formula is C23H34BN. The summed E-state index contributed by atoms with van der Waals surface area (Å²) in [7, 11) is 5.75. The Kier molecular flexibility index (Phi) is 7.77. The first-order valence-electron chi connectivity index (χ1n) is 10.0. The van der Waals surface area contributed by atoms with Gasteiger partial charge in [-0.1, -0.05) is 88.7 Å². The van der Waals surface area contributed by atoms with Gasteiger partial charge >= 0.3 is 0 Å². The molecule has 0 unspecified atom stereocenters. The summed E-state index contributed by atoms with van der Waals surface area (Å²) in [6.45, 7) is 8.69. The molecule has 3 rings (SSSR count). The molecule has 0 saturated carbocycles. The molecule has 0 bridgehead atoms. The molecule has 1 aliphatic rings. The molecule has 25 heavy (non-hydrogen) atoms. The summed E-state index contributed by atoms with van der Waals surface area (Å²) in [5.74, 6) is 0. The second kappa shape index (κ2) is 9.82. The third kappa shape index (κ3) is 5.22. The summed E-state index contributed by atoms with van der Waals surface area (Å²) in [4.78, 5) is 0. The van der Waals surface area contributed by atoms with Crippen LogP contribution in [0.2, 0.25) is 6.82 Å². The molecule has 1 N–H and O–H groups in total. The second-order valence-electron chi connectivity index (χ2n) is 7.30. The van der Waals surface area contributed by atoms with E-state index < -0.39 is 0 Å². The van der Waals surface area contributed by atoms with Crippen molar-refractivity contribution in [1.29, 1.82) is 0 Å². The zero-order valence-corrected chi connectivity index (χ0v) is 16.4. The minimum Gasteiger partial charge on any atom is -0.317 e. The summed E-state index contributed by atoms with van der Waals surface area (Å²) in [6, 6.07) is 22.1. The van der Waals surface area contributed by atoms with Crippen molar-refractivity contribution in [2.75, 3.05) is 13.1 Å². The van der Waals surface area contributed by atoms with E-state index in [1.165, 1.54) is 44.6 Å². The number of hydrogen-bond acceptors (Lipinski definition) is 1. The fourth-order valence-electron chi connectivity index (χ4n) is 4.04. The van der Waals surface area contributed by atoms with Gasteiger partial charge in [-0.3, -0.25) is 0 Å². The molecule has 1 fully saturated rings. The molecule has 1 nitrogen and oxygen atoms in total. The van der Waals surface area contributed by atoms with Crippen molar-refractivity contribution in [2.24, 2.45) is 5.41 Å². The highest BCUT2D eigenvalue weighted by molar-refractivity contribution is 6.05. The molecule has 2 aromatic carbocycles. The smallest absolute Gasteiger partial charge is 0.0606 e. The summed E-state index contributed by atoms with van der Waals surface area (Å²) >= 11 is 0. The fourth-order valence-corrected chi connectivity index (χ4v) is 4.04. The van der Waals surface area contributed by atoms with Crippen LogP contribution in [0.3, 0.4) is 0 Å². The zero-order chi connectivity index (χ0) is 19.5. The van der Waals surface area contributed by atoms with E-state index >= 15 is 0 Å². The Morgan fingerprint density at radius 2 is 1.36 bits per heavy atom. The lowest BCUT2D eigenvalue weighted by atomic mass is 9.63. The fraction of sp³-hybridized carbons (Fsp3) is 0.478. The molecule has 1 saturated heterocycles. The number of piperidine rings is 1. The van der Waals surface area contributed by atoms with Crippen molar-refractivity contribution in [3.63, 3.8) is 0 Å². The lowest BCUT2D eigenvalue weighted by Crippen LogP contribution is -2.40. The highest BCUT2D eigenvalue weighted by atomic mass is 14.9. The maximum Gasteiger partial charge on any atom is 0.0606 e. The summed E-state index contributed by atoms with van der Waals surface area (Å²) in [6.07, 6.45) is 3.74. The first-order valence-corrected chi connectivity index (χ1v) is 9.02. The van der Waals surface area contributed by atoms with E-state index in [4.69, 9.17) is 1.37 Å². The minimum atomic E-state index is 0.0780. The third-order valence-corrected chi connectivity index (χ3v) is 5.41. The van der Waals surface area contributed by atoms with Crippen molar-refractivity contribution in [2.45, 2.75) is 52.8 Å². The minimum absolute atomic E-state index is 0.0780. The Morgan fingerprint density at radius 3 is 1.76 bits per heavy atom. The Morgan fingerprint density at radius 1 is 0.960 bits per heavy atom. The Balaban J connectivity index is 0.000000791. The number of hydrogen-bond donors (Lipinski definition) is 1. The van der Waals surface area contributed by atoms with Gasteiger partial charge in [-0.15, -0.1) is 0 Å². The predicted octanol–water partition coefficient (Wildman–Crippen LogP) is 5.61. The molecule has 0 amide bonds. The SMILES string of the molecule is CC1(CC(C)(c2ccccc2)c2ccccc2)CCNCC1.[2H]C.[B]C. The van der Waals surface area contributed by atoms with Gasteiger partial charge in [-0.2, -0.15) is 0 Å². The molecule has 2 aromatic rings.